The van der Waals surface area contributed by atoms with Crippen LogP contribution in [0.3, 0.4) is 0 Å². The Hall–Kier alpha value is -1.67. The molecule has 1 fully saturated rings. The summed E-state index contributed by atoms with van der Waals surface area (Å²) in [6, 6.07) is 0.150. The predicted molar refractivity (Wildman–Crippen MR) is 68.6 cm³/mol. The van der Waals surface area contributed by atoms with Crippen molar-refractivity contribution in [1.29, 1.82) is 0 Å². The molecule has 1 saturated heterocycles. The second kappa shape index (κ2) is 7.70. The molecule has 1 aliphatic rings. The fraction of sp³-hybridized carbons (Fsp3) is 0.727. The van der Waals surface area contributed by atoms with E-state index in [-0.39, 0.29) is 30.9 Å². The van der Waals surface area contributed by atoms with Gasteiger partial charge in [-0.1, -0.05) is 0 Å². The normalized spacial score (nSPS) is 16.1. The van der Waals surface area contributed by atoms with Crippen LogP contribution in [0.5, 0.6) is 0 Å². The number of hydrogen-bond donors (Lipinski definition) is 4. The van der Waals surface area contributed by atoms with Gasteiger partial charge < -0.3 is 11.1 Å². The smallest absolute Gasteiger partial charge is 0.252 e. The van der Waals surface area contributed by atoms with Gasteiger partial charge in [0.05, 0.1) is 13.1 Å². The number of rotatable bonds is 5. The number of carbonyl (C=O) groups excluding carboxylic acids is 3. The van der Waals surface area contributed by atoms with Gasteiger partial charge in [0.15, 0.2) is 0 Å². The first-order valence-corrected chi connectivity index (χ1v) is 6.27. The van der Waals surface area contributed by atoms with Crippen LogP contribution in [0, 0.1) is 0 Å². The average molecular weight is 271 g/mol. The molecule has 0 bridgehead atoms. The number of carbonyl (C=O) groups is 3. The van der Waals surface area contributed by atoms with Gasteiger partial charge in [0.25, 0.3) is 5.91 Å². The molecule has 0 saturated carbocycles. The lowest BCUT2D eigenvalue weighted by Gasteiger charge is -2.33. The molecule has 108 valence electrons. The van der Waals surface area contributed by atoms with Crippen molar-refractivity contribution in [2.24, 2.45) is 5.73 Å². The van der Waals surface area contributed by atoms with Gasteiger partial charge in [-0.15, -0.1) is 0 Å². The molecule has 0 atom stereocenters. The fourth-order valence-corrected chi connectivity index (χ4v) is 2.07. The lowest BCUT2D eigenvalue weighted by molar-refractivity contribution is -0.130. The Kier molecular flexibility index (Phi) is 6.23. The summed E-state index contributed by atoms with van der Waals surface area (Å²) in [5, 5.41) is 3.22. The highest BCUT2D eigenvalue weighted by molar-refractivity contribution is 5.83. The minimum absolute atomic E-state index is 0.0356. The van der Waals surface area contributed by atoms with E-state index >= 15 is 0 Å². The standard InChI is InChI=1S/C11H21N5O3/c1-8(17)14-15-11(19)7-16(6-10(12)18)9-2-4-13-5-3-9/h9,13H,2-7H2,1H3,(H2,12,18)(H,14,17)(H,15,19). The average Bonchev–Trinajstić information content (AvgIpc) is 2.36. The number of primary amides is 1. The number of hydrogen-bond acceptors (Lipinski definition) is 5. The third-order valence-corrected chi connectivity index (χ3v) is 2.91. The minimum atomic E-state index is -0.467. The SMILES string of the molecule is CC(=O)NNC(=O)CN(CC(N)=O)C1CCNCC1. The largest absolute Gasteiger partial charge is 0.369 e. The number of nitrogens with two attached hydrogens (primary N) is 1. The van der Waals surface area contributed by atoms with E-state index in [0.717, 1.165) is 25.9 Å². The van der Waals surface area contributed by atoms with E-state index in [1.807, 2.05) is 0 Å². The van der Waals surface area contributed by atoms with Crippen LogP contribution in [0.25, 0.3) is 0 Å². The highest BCUT2D eigenvalue weighted by atomic mass is 16.2. The zero-order valence-electron chi connectivity index (χ0n) is 11.1. The Morgan fingerprint density at radius 2 is 1.84 bits per heavy atom. The van der Waals surface area contributed by atoms with Gasteiger partial charge in [0.2, 0.25) is 11.8 Å². The van der Waals surface area contributed by atoms with Crippen molar-refractivity contribution in [3.8, 4) is 0 Å². The molecule has 1 rings (SSSR count). The molecule has 0 aromatic carbocycles. The molecule has 0 radical (unpaired) electrons. The Balaban J connectivity index is 2.50. The maximum absolute atomic E-state index is 11.6. The van der Waals surface area contributed by atoms with Crippen LogP contribution >= 0.6 is 0 Å². The molecule has 3 amide bonds. The van der Waals surface area contributed by atoms with Gasteiger partial charge in [-0.3, -0.25) is 30.1 Å². The van der Waals surface area contributed by atoms with Gasteiger partial charge in [0.1, 0.15) is 0 Å². The van der Waals surface area contributed by atoms with E-state index in [4.69, 9.17) is 5.73 Å². The Morgan fingerprint density at radius 1 is 1.21 bits per heavy atom. The van der Waals surface area contributed by atoms with E-state index in [2.05, 4.69) is 16.2 Å². The second-order valence-electron chi connectivity index (χ2n) is 4.58. The van der Waals surface area contributed by atoms with Crippen LogP contribution in [0.1, 0.15) is 19.8 Å². The van der Waals surface area contributed by atoms with E-state index in [1.165, 1.54) is 6.92 Å². The molecule has 1 heterocycles. The number of nitrogens with one attached hydrogen (secondary N) is 3. The monoisotopic (exact) mass is 271 g/mol. The first-order valence-electron chi connectivity index (χ1n) is 6.27. The lowest BCUT2D eigenvalue weighted by Crippen LogP contribution is -2.52. The maximum atomic E-state index is 11.6. The number of nitrogens with zero attached hydrogens (tertiary/aromatic N) is 1. The minimum Gasteiger partial charge on any atom is -0.369 e. The van der Waals surface area contributed by atoms with Gasteiger partial charge in [-0.2, -0.15) is 0 Å². The number of piperidine rings is 1. The highest BCUT2D eigenvalue weighted by Gasteiger charge is 2.24. The summed E-state index contributed by atoms with van der Waals surface area (Å²) < 4.78 is 0. The molecule has 5 N–H and O–H groups in total. The number of hydrazine groups is 1. The van der Waals surface area contributed by atoms with E-state index in [0.29, 0.717) is 0 Å². The highest BCUT2D eigenvalue weighted by Crippen LogP contribution is 2.10. The summed E-state index contributed by atoms with van der Waals surface area (Å²) in [5.74, 6) is -1.18. The summed E-state index contributed by atoms with van der Waals surface area (Å²) in [5.41, 5.74) is 9.69. The number of amides is 3. The molecule has 0 aromatic heterocycles. The predicted octanol–water partition coefficient (Wildman–Crippen LogP) is -2.31. The molecular weight excluding hydrogens is 250 g/mol. The Labute approximate surface area is 112 Å². The van der Waals surface area contributed by atoms with Gasteiger partial charge >= 0.3 is 0 Å². The van der Waals surface area contributed by atoms with E-state index < -0.39 is 5.91 Å². The maximum Gasteiger partial charge on any atom is 0.252 e. The van der Waals surface area contributed by atoms with Crippen molar-refractivity contribution in [1.82, 2.24) is 21.1 Å². The Morgan fingerprint density at radius 3 is 2.37 bits per heavy atom. The summed E-state index contributed by atoms with van der Waals surface area (Å²) >= 11 is 0. The van der Waals surface area contributed by atoms with Gasteiger partial charge in [-0.05, 0) is 25.9 Å². The van der Waals surface area contributed by atoms with Crippen molar-refractivity contribution in [2.75, 3.05) is 26.2 Å². The zero-order valence-corrected chi connectivity index (χ0v) is 11.1. The van der Waals surface area contributed by atoms with Crippen LogP contribution in [-0.4, -0.2) is 54.8 Å². The van der Waals surface area contributed by atoms with Crippen LogP contribution in [-0.2, 0) is 14.4 Å². The van der Waals surface area contributed by atoms with Crippen molar-refractivity contribution in [3.63, 3.8) is 0 Å². The molecule has 8 nitrogen and oxygen atoms in total. The summed E-state index contributed by atoms with van der Waals surface area (Å²) in [4.78, 5) is 35.2. The van der Waals surface area contributed by atoms with Crippen LogP contribution in [0.15, 0.2) is 0 Å². The van der Waals surface area contributed by atoms with E-state index in [1.54, 1.807) is 4.90 Å². The van der Waals surface area contributed by atoms with Gasteiger partial charge in [-0.25, -0.2) is 0 Å². The quantitative estimate of drug-likeness (QED) is 0.419. The fourth-order valence-electron chi connectivity index (χ4n) is 2.07. The second-order valence-corrected chi connectivity index (χ2v) is 4.58. The molecule has 0 aromatic rings. The summed E-state index contributed by atoms with van der Waals surface area (Å²) in [6.45, 7) is 3.08. The summed E-state index contributed by atoms with van der Waals surface area (Å²) in [6.07, 6.45) is 1.72. The van der Waals surface area contributed by atoms with Crippen molar-refractivity contribution in [3.05, 3.63) is 0 Å². The first kappa shape index (κ1) is 15.4. The summed E-state index contributed by atoms with van der Waals surface area (Å²) in [7, 11) is 0. The molecule has 1 aliphatic heterocycles. The van der Waals surface area contributed by atoms with Crippen LogP contribution in [0.2, 0.25) is 0 Å². The molecule has 0 unspecified atom stereocenters. The third kappa shape index (κ3) is 6.16. The van der Waals surface area contributed by atoms with Crippen LogP contribution < -0.4 is 21.9 Å². The topological polar surface area (TPSA) is 117 Å². The lowest BCUT2D eigenvalue weighted by atomic mass is 10.0. The third-order valence-electron chi connectivity index (χ3n) is 2.91. The molecular formula is C11H21N5O3. The van der Waals surface area contributed by atoms with Gasteiger partial charge in [0, 0.05) is 13.0 Å². The van der Waals surface area contributed by atoms with E-state index in [9.17, 15) is 14.4 Å². The van der Waals surface area contributed by atoms with Crippen molar-refractivity contribution >= 4 is 17.7 Å². The molecule has 8 heteroatoms. The van der Waals surface area contributed by atoms with Crippen LogP contribution in [0.4, 0.5) is 0 Å². The Bertz CT molecular complexity index is 341. The zero-order chi connectivity index (χ0) is 14.3. The van der Waals surface area contributed by atoms with Crippen molar-refractivity contribution in [2.45, 2.75) is 25.8 Å². The van der Waals surface area contributed by atoms with Crippen molar-refractivity contribution < 1.29 is 14.4 Å². The molecule has 0 spiro atoms. The first-order chi connectivity index (χ1) is 8.99. The molecule has 0 aliphatic carbocycles. The molecule has 19 heavy (non-hydrogen) atoms.